The molecule has 0 amide bonds. The van der Waals surface area contributed by atoms with Gasteiger partial charge in [0.15, 0.2) is 0 Å². The van der Waals surface area contributed by atoms with Gasteiger partial charge in [0.25, 0.3) is 0 Å². The highest BCUT2D eigenvalue weighted by Gasteiger charge is 2.27. The topological polar surface area (TPSA) is 35.5 Å². The summed E-state index contributed by atoms with van der Waals surface area (Å²) in [5.74, 6) is 0.282. The van der Waals surface area contributed by atoms with Crippen LogP contribution in [-0.2, 0) is 0 Å². The van der Waals surface area contributed by atoms with Crippen molar-refractivity contribution in [3.05, 3.63) is 25.0 Å². The van der Waals surface area contributed by atoms with Crippen molar-refractivity contribution in [3.63, 3.8) is 0 Å². The Labute approximate surface area is 176 Å². The maximum absolute atomic E-state index is 10.2. The first-order valence-corrected chi connectivity index (χ1v) is 9.75. The minimum atomic E-state index is 0. The summed E-state index contributed by atoms with van der Waals surface area (Å²) in [6, 6.07) is 2.27. The third-order valence-electron chi connectivity index (χ3n) is 3.94. The van der Waals surface area contributed by atoms with E-state index in [9.17, 15) is 5.11 Å². The van der Waals surface area contributed by atoms with Crippen molar-refractivity contribution >= 4 is 72.6 Å². The van der Waals surface area contributed by atoms with Gasteiger partial charge in [0.05, 0.1) is 8.95 Å². The van der Waals surface area contributed by atoms with E-state index in [2.05, 4.69) is 64.9 Å². The van der Waals surface area contributed by atoms with Gasteiger partial charge in [-0.15, -0.1) is 24.8 Å². The van der Waals surface area contributed by atoms with Crippen molar-refractivity contribution in [2.24, 2.45) is 0 Å². The van der Waals surface area contributed by atoms with Crippen LogP contribution in [0.3, 0.4) is 0 Å². The summed E-state index contributed by atoms with van der Waals surface area (Å²) in [4.78, 5) is 2.52. The van der Waals surface area contributed by atoms with Gasteiger partial charge < -0.3 is 10.4 Å². The van der Waals surface area contributed by atoms with Crippen LogP contribution in [-0.4, -0.2) is 36.2 Å². The van der Waals surface area contributed by atoms with E-state index in [1.807, 2.05) is 6.07 Å². The molecule has 0 aromatic heterocycles. The van der Waals surface area contributed by atoms with Gasteiger partial charge in [-0.3, -0.25) is 4.90 Å². The number of halogens is 5. The summed E-state index contributed by atoms with van der Waals surface area (Å²) in [5, 5.41) is 13.6. The molecular formula is C15H23Br3Cl2N2O. The molecule has 1 aliphatic heterocycles. The molecule has 8 heteroatoms. The molecule has 1 aliphatic rings. The maximum atomic E-state index is 10.2. The lowest BCUT2D eigenvalue weighted by Gasteiger charge is -2.36. The molecule has 0 saturated carbocycles. The number of rotatable bonds is 5. The number of phenolic OH excluding ortho intramolecular Hbond substituents is 1. The summed E-state index contributed by atoms with van der Waals surface area (Å²) >= 11 is 10.7. The van der Waals surface area contributed by atoms with Gasteiger partial charge in [0.2, 0.25) is 0 Å². The van der Waals surface area contributed by atoms with Crippen LogP contribution < -0.4 is 5.32 Å². The summed E-state index contributed by atoms with van der Waals surface area (Å²) in [6.07, 6.45) is 3.47. The molecule has 0 aliphatic carbocycles. The average molecular weight is 558 g/mol. The highest BCUT2D eigenvalue weighted by molar-refractivity contribution is 9.11. The van der Waals surface area contributed by atoms with Crippen LogP contribution in [0.15, 0.2) is 19.5 Å². The zero-order valence-corrected chi connectivity index (χ0v) is 19.3. The predicted molar refractivity (Wildman–Crippen MR) is 112 cm³/mol. The van der Waals surface area contributed by atoms with Crippen molar-refractivity contribution in [1.82, 2.24) is 10.2 Å². The minimum Gasteiger partial charge on any atom is -0.506 e. The van der Waals surface area contributed by atoms with Crippen LogP contribution >= 0.6 is 72.6 Å². The van der Waals surface area contributed by atoms with E-state index in [1.165, 1.54) is 12.8 Å². The number of phenols is 1. The molecule has 2 rings (SSSR count). The highest BCUT2D eigenvalue weighted by Crippen LogP contribution is 2.44. The Bertz CT molecular complexity index is 500. The van der Waals surface area contributed by atoms with Crippen molar-refractivity contribution in [2.75, 3.05) is 26.2 Å². The molecule has 1 atom stereocenters. The number of benzene rings is 1. The number of aromatic hydroxyl groups is 1. The molecule has 134 valence electrons. The van der Waals surface area contributed by atoms with Crippen LogP contribution in [0.2, 0.25) is 0 Å². The number of unbranched alkanes of at least 4 members (excludes halogenated alkanes) is 1. The zero-order chi connectivity index (χ0) is 15.4. The SMILES string of the molecule is CCCC[C@@H](c1c(Br)cc(Br)c(O)c1Br)N1CCNCC1.Cl.Cl. The van der Waals surface area contributed by atoms with Crippen molar-refractivity contribution in [3.8, 4) is 5.75 Å². The van der Waals surface area contributed by atoms with E-state index in [4.69, 9.17) is 0 Å². The van der Waals surface area contributed by atoms with Gasteiger partial charge in [-0.05, 0) is 44.3 Å². The first kappa shape index (κ1) is 24.0. The Kier molecular flexibility index (Phi) is 12.0. The molecule has 2 N–H and O–H groups in total. The predicted octanol–water partition coefficient (Wildman–Crippen LogP) is 5.66. The second kappa shape index (κ2) is 11.6. The number of hydrogen-bond acceptors (Lipinski definition) is 3. The molecule has 0 spiro atoms. The standard InChI is InChI=1S/C15H21Br3N2O.2ClH/c1-2-3-4-12(20-7-5-19-6-8-20)13-10(16)9-11(17)15(21)14(13)18;;/h9,12,19,21H,2-8H2,1H3;2*1H/t12-;;/m0../s1. The molecule has 1 aromatic carbocycles. The second-order valence-electron chi connectivity index (χ2n) is 5.36. The van der Waals surface area contributed by atoms with E-state index in [0.29, 0.717) is 10.5 Å². The summed E-state index contributed by atoms with van der Waals surface area (Å²) in [7, 11) is 0. The van der Waals surface area contributed by atoms with Crippen LogP contribution in [0.1, 0.15) is 37.8 Å². The summed E-state index contributed by atoms with van der Waals surface area (Å²) in [6.45, 7) is 6.37. The Morgan fingerprint density at radius 2 is 1.78 bits per heavy atom. The monoisotopic (exact) mass is 554 g/mol. The van der Waals surface area contributed by atoms with E-state index in [1.54, 1.807) is 0 Å². The fourth-order valence-corrected chi connectivity index (χ4v) is 5.45. The molecule has 1 saturated heterocycles. The van der Waals surface area contributed by atoms with Gasteiger partial charge >= 0.3 is 0 Å². The Morgan fingerprint density at radius 3 is 2.35 bits per heavy atom. The number of hydrogen-bond donors (Lipinski definition) is 2. The minimum absolute atomic E-state index is 0. The molecule has 1 fully saturated rings. The molecular weight excluding hydrogens is 535 g/mol. The van der Waals surface area contributed by atoms with Gasteiger partial charge in [-0.2, -0.15) is 0 Å². The normalized spacial score (nSPS) is 16.3. The molecule has 0 radical (unpaired) electrons. The first-order chi connectivity index (χ1) is 10.1. The molecule has 0 unspecified atom stereocenters. The van der Waals surface area contributed by atoms with Crippen molar-refractivity contribution in [1.29, 1.82) is 0 Å². The summed E-state index contributed by atoms with van der Waals surface area (Å²) in [5.41, 5.74) is 1.16. The number of piperazine rings is 1. The highest BCUT2D eigenvalue weighted by atomic mass is 79.9. The van der Waals surface area contributed by atoms with Gasteiger partial charge in [-0.1, -0.05) is 35.7 Å². The third kappa shape index (κ3) is 6.01. The smallest absolute Gasteiger partial charge is 0.144 e. The van der Waals surface area contributed by atoms with E-state index >= 15 is 0 Å². The molecule has 0 bridgehead atoms. The lowest BCUT2D eigenvalue weighted by molar-refractivity contribution is 0.162. The van der Waals surface area contributed by atoms with Crippen LogP contribution in [0.5, 0.6) is 5.75 Å². The average Bonchev–Trinajstić information content (AvgIpc) is 2.49. The van der Waals surface area contributed by atoms with Gasteiger partial charge in [0, 0.05) is 42.3 Å². The fraction of sp³-hybridized carbons (Fsp3) is 0.600. The van der Waals surface area contributed by atoms with Crippen molar-refractivity contribution in [2.45, 2.75) is 32.2 Å². The van der Waals surface area contributed by atoms with Crippen LogP contribution in [0, 0.1) is 0 Å². The zero-order valence-electron chi connectivity index (χ0n) is 12.9. The van der Waals surface area contributed by atoms with E-state index in [0.717, 1.165) is 47.1 Å². The van der Waals surface area contributed by atoms with Gasteiger partial charge in [-0.25, -0.2) is 0 Å². The van der Waals surface area contributed by atoms with E-state index in [-0.39, 0.29) is 30.6 Å². The fourth-order valence-electron chi connectivity index (χ4n) is 2.80. The third-order valence-corrected chi connectivity index (χ3v) is 6.00. The molecule has 1 aromatic rings. The molecule has 1 heterocycles. The quantitative estimate of drug-likeness (QED) is 0.490. The van der Waals surface area contributed by atoms with Crippen LogP contribution in [0.25, 0.3) is 0 Å². The Balaban J connectivity index is 0.00000242. The van der Waals surface area contributed by atoms with E-state index < -0.39 is 0 Å². The van der Waals surface area contributed by atoms with Crippen molar-refractivity contribution < 1.29 is 5.11 Å². The van der Waals surface area contributed by atoms with Gasteiger partial charge in [0.1, 0.15) is 5.75 Å². The summed E-state index contributed by atoms with van der Waals surface area (Å²) < 4.78 is 2.54. The number of nitrogens with one attached hydrogen (secondary N) is 1. The number of nitrogens with zero attached hydrogens (tertiary/aromatic N) is 1. The lowest BCUT2D eigenvalue weighted by Crippen LogP contribution is -2.45. The Hall–Kier alpha value is 0.960. The molecule has 3 nitrogen and oxygen atoms in total. The second-order valence-corrected chi connectivity index (χ2v) is 7.86. The maximum Gasteiger partial charge on any atom is 0.144 e. The largest absolute Gasteiger partial charge is 0.506 e. The van der Waals surface area contributed by atoms with Crippen LogP contribution in [0.4, 0.5) is 0 Å². The Morgan fingerprint density at radius 1 is 1.17 bits per heavy atom. The first-order valence-electron chi connectivity index (χ1n) is 7.37. The molecule has 23 heavy (non-hydrogen) atoms. The lowest BCUT2D eigenvalue weighted by atomic mass is 9.98.